The fourth-order valence-electron chi connectivity index (χ4n) is 1.54. The van der Waals surface area contributed by atoms with Crippen molar-refractivity contribution >= 4 is 17.1 Å². The number of benzene rings is 1. The third-order valence-corrected chi connectivity index (χ3v) is 3.82. The number of nitrogens with zero attached hydrogens (tertiary/aromatic N) is 1. The molecule has 0 aliphatic heterocycles. The molecule has 82 valence electrons. The second-order valence-electron chi connectivity index (χ2n) is 3.83. The SMILES string of the molecule is CC(=O)c1cnc(-c2cccc(C)c2C)s1. The molecule has 2 rings (SSSR count). The van der Waals surface area contributed by atoms with Crippen molar-refractivity contribution in [2.24, 2.45) is 0 Å². The van der Waals surface area contributed by atoms with E-state index in [0.29, 0.717) is 0 Å². The van der Waals surface area contributed by atoms with Crippen LogP contribution in [0, 0.1) is 13.8 Å². The molecule has 2 aromatic rings. The number of rotatable bonds is 2. The van der Waals surface area contributed by atoms with Crippen molar-refractivity contribution < 1.29 is 4.79 Å². The Morgan fingerprint density at radius 1 is 1.31 bits per heavy atom. The standard InChI is InChI=1S/C13H13NOS/c1-8-5-4-6-11(9(8)2)13-14-7-12(16-13)10(3)15/h4-7H,1-3H3. The predicted octanol–water partition coefficient (Wildman–Crippen LogP) is 3.63. The van der Waals surface area contributed by atoms with Crippen molar-refractivity contribution in [2.45, 2.75) is 20.8 Å². The molecule has 0 unspecified atom stereocenters. The number of carbonyl (C=O) groups is 1. The van der Waals surface area contributed by atoms with Gasteiger partial charge in [0.15, 0.2) is 5.78 Å². The second kappa shape index (κ2) is 4.18. The fraction of sp³-hybridized carbons (Fsp3) is 0.231. The monoisotopic (exact) mass is 231 g/mol. The van der Waals surface area contributed by atoms with Crippen LogP contribution in [0.15, 0.2) is 24.4 Å². The third-order valence-electron chi connectivity index (χ3n) is 2.69. The van der Waals surface area contributed by atoms with Gasteiger partial charge in [-0.1, -0.05) is 18.2 Å². The summed E-state index contributed by atoms with van der Waals surface area (Å²) < 4.78 is 0. The van der Waals surface area contributed by atoms with Gasteiger partial charge in [-0.05, 0) is 25.0 Å². The van der Waals surface area contributed by atoms with Gasteiger partial charge in [-0.15, -0.1) is 11.3 Å². The maximum Gasteiger partial charge on any atom is 0.171 e. The average molecular weight is 231 g/mol. The summed E-state index contributed by atoms with van der Waals surface area (Å²) in [5.74, 6) is 0.0778. The highest BCUT2D eigenvalue weighted by molar-refractivity contribution is 7.16. The second-order valence-corrected chi connectivity index (χ2v) is 4.86. The van der Waals surface area contributed by atoms with E-state index in [1.165, 1.54) is 22.5 Å². The van der Waals surface area contributed by atoms with Crippen LogP contribution in [0.1, 0.15) is 27.7 Å². The van der Waals surface area contributed by atoms with Crippen molar-refractivity contribution in [1.29, 1.82) is 0 Å². The van der Waals surface area contributed by atoms with Crippen molar-refractivity contribution in [2.75, 3.05) is 0 Å². The van der Waals surface area contributed by atoms with Crippen LogP contribution < -0.4 is 0 Å². The van der Waals surface area contributed by atoms with Gasteiger partial charge in [0.25, 0.3) is 0 Å². The van der Waals surface area contributed by atoms with Crippen LogP contribution in [0.2, 0.25) is 0 Å². The zero-order chi connectivity index (χ0) is 11.7. The molecule has 0 spiro atoms. The van der Waals surface area contributed by atoms with Crippen molar-refractivity contribution in [3.05, 3.63) is 40.4 Å². The lowest BCUT2D eigenvalue weighted by Gasteiger charge is -2.04. The molecule has 0 amide bonds. The molecular formula is C13H13NOS. The average Bonchev–Trinajstić information content (AvgIpc) is 2.71. The zero-order valence-corrected chi connectivity index (χ0v) is 10.4. The summed E-state index contributed by atoms with van der Waals surface area (Å²) in [4.78, 5) is 16.2. The molecule has 0 N–H and O–H groups in total. The molecule has 2 nitrogen and oxygen atoms in total. The van der Waals surface area contributed by atoms with E-state index in [2.05, 4.69) is 24.9 Å². The number of hydrogen-bond donors (Lipinski definition) is 0. The third kappa shape index (κ3) is 1.91. The topological polar surface area (TPSA) is 30.0 Å². The molecule has 1 heterocycles. The zero-order valence-electron chi connectivity index (χ0n) is 9.57. The number of hydrogen-bond acceptors (Lipinski definition) is 3. The van der Waals surface area contributed by atoms with Crippen LogP contribution in [0.25, 0.3) is 10.6 Å². The van der Waals surface area contributed by atoms with E-state index >= 15 is 0 Å². The molecule has 0 atom stereocenters. The highest BCUT2D eigenvalue weighted by atomic mass is 32.1. The van der Waals surface area contributed by atoms with Crippen LogP contribution in [0.3, 0.4) is 0 Å². The molecule has 0 aliphatic carbocycles. The Bertz CT molecular complexity index is 543. The Morgan fingerprint density at radius 3 is 2.69 bits per heavy atom. The van der Waals surface area contributed by atoms with Crippen molar-refractivity contribution in [3.63, 3.8) is 0 Å². The summed E-state index contributed by atoms with van der Waals surface area (Å²) in [7, 11) is 0. The lowest BCUT2D eigenvalue weighted by molar-refractivity contribution is 0.102. The number of ketones is 1. The first-order valence-electron chi connectivity index (χ1n) is 5.13. The largest absolute Gasteiger partial charge is 0.294 e. The van der Waals surface area contributed by atoms with E-state index in [1.807, 2.05) is 12.1 Å². The highest BCUT2D eigenvalue weighted by Crippen LogP contribution is 2.29. The van der Waals surface area contributed by atoms with Gasteiger partial charge in [0, 0.05) is 18.7 Å². The van der Waals surface area contributed by atoms with Crippen LogP contribution in [0.5, 0.6) is 0 Å². The molecule has 1 aromatic carbocycles. The lowest BCUT2D eigenvalue weighted by Crippen LogP contribution is -1.85. The minimum atomic E-state index is 0.0778. The van der Waals surface area contributed by atoms with Crippen LogP contribution in [-0.2, 0) is 0 Å². The van der Waals surface area contributed by atoms with Gasteiger partial charge in [0.1, 0.15) is 5.01 Å². The number of carbonyl (C=O) groups excluding carboxylic acids is 1. The molecule has 0 saturated carbocycles. The van der Waals surface area contributed by atoms with E-state index in [1.54, 1.807) is 13.1 Å². The van der Waals surface area contributed by atoms with Gasteiger partial charge in [-0.25, -0.2) is 4.98 Å². The minimum absolute atomic E-state index is 0.0778. The molecule has 0 radical (unpaired) electrons. The molecule has 16 heavy (non-hydrogen) atoms. The molecule has 0 aliphatic rings. The van der Waals surface area contributed by atoms with Gasteiger partial charge < -0.3 is 0 Å². The van der Waals surface area contributed by atoms with Crippen LogP contribution in [-0.4, -0.2) is 10.8 Å². The van der Waals surface area contributed by atoms with E-state index < -0.39 is 0 Å². The Hall–Kier alpha value is -1.48. The van der Waals surface area contributed by atoms with Crippen LogP contribution >= 0.6 is 11.3 Å². The lowest BCUT2D eigenvalue weighted by atomic mass is 10.0. The van der Waals surface area contributed by atoms with Crippen molar-refractivity contribution in [1.82, 2.24) is 4.98 Å². The Kier molecular flexibility index (Phi) is 2.88. The first-order valence-corrected chi connectivity index (χ1v) is 5.94. The number of aromatic nitrogens is 1. The number of thiazole rings is 1. The maximum absolute atomic E-state index is 11.2. The smallest absolute Gasteiger partial charge is 0.171 e. The first-order chi connectivity index (χ1) is 7.59. The summed E-state index contributed by atoms with van der Waals surface area (Å²) in [6, 6.07) is 6.15. The first kappa shape index (κ1) is 11.0. The summed E-state index contributed by atoms with van der Waals surface area (Å²) in [6.07, 6.45) is 1.66. The van der Waals surface area contributed by atoms with E-state index in [0.717, 1.165) is 15.4 Å². The number of aryl methyl sites for hydroxylation is 1. The number of Topliss-reactive ketones (excluding diaryl/α,β-unsaturated/α-hetero) is 1. The van der Waals surface area contributed by atoms with E-state index in [-0.39, 0.29) is 5.78 Å². The predicted molar refractivity (Wildman–Crippen MR) is 67.0 cm³/mol. The molecule has 3 heteroatoms. The summed E-state index contributed by atoms with van der Waals surface area (Å²) in [5, 5.41) is 0.923. The molecule has 0 bridgehead atoms. The molecule has 1 aromatic heterocycles. The van der Waals surface area contributed by atoms with Gasteiger partial charge >= 0.3 is 0 Å². The fourth-order valence-corrected chi connectivity index (χ4v) is 2.44. The van der Waals surface area contributed by atoms with Crippen LogP contribution in [0.4, 0.5) is 0 Å². The van der Waals surface area contributed by atoms with Gasteiger partial charge in [-0.3, -0.25) is 4.79 Å². The summed E-state index contributed by atoms with van der Waals surface area (Å²) in [5.41, 5.74) is 3.60. The maximum atomic E-state index is 11.2. The molecule has 0 saturated heterocycles. The summed E-state index contributed by atoms with van der Waals surface area (Å²) in [6.45, 7) is 5.73. The molecule has 0 fully saturated rings. The van der Waals surface area contributed by atoms with Gasteiger partial charge in [0.2, 0.25) is 0 Å². The van der Waals surface area contributed by atoms with Crippen molar-refractivity contribution in [3.8, 4) is 10.6 Å². The minimum Gasteiger partial charge on any atom is -0.294 e. The highest BCUT2D eigenvalue weighted by Gasteiger charge is 2.10. The van der Waals surface area contributed by atoms with Gasteiger partial charge in [-0.2, -0.15) is 0 Å². The molecular weight excluding hydrogens is 218 g/mol. The summed E-state index contributed by atoms with van der Waals surface area (Å²) >= 11 is 1.46. The quantitative estimate of drug-likeness (QED) is 0.739. The van der Waals surface area contributed by atoms with Gasteiger partial charge in [0.05, 0.1) is 4.88 Å². The normalized spacial score (nSPS) is 10.4. The Labute approximate surface area is 99.0 Å². The Morgan fingerprint density at radius 2 is 2.06 bits per heavy atom. The van der Waals surface area contributed by atoms with E-state index in [4.69, 9.17) is 0 Å². The Balaban J connectivity index is 2.50. The van der Waals surface area contributed by atoms with E-state index in [9.17, 15) is 4.79 Å².